The summed E-state index contributed by atoms with van der Waals surface area (Å²) in [6.07, 6.45) is 8.97. The highest BCUT2D eigenvalue weighted by Gasteiger charge is 2.32. The van der Waals surface area contributed by atoms with Crippen LogP contribution in [0.5, 0.6) is 0 Å². The van der Waals surface area contributed by atoms with Crippen LogP contribution in [0.1, 0.15) is 48.2 Å². The number of carbonyl (C=O) groups excluding carboxylic acids is 2. The summed E-state index contributed by atoms with van der Waals surface area (Å²) < 4.78 is 17.0. The first kappa shape index (κ1) is 23.4. The van der Waals surface area contributed by atoms with Crippen LogP contribution >= 0.6 is 0 Å². The highest BCUT2D eigenvalue weighted by atomic mass is 19.1. The number of nitrogens with zero attached hydrogens (tertiary/aromatic N) is 3. The summed E-state index contributed by atoms with van der Waals surface area (Å²) in [6, 6.07) is 6.83. The molecule has 2 N–H and O–H groups in total. The standard InChI is InChI=1S/C25H28FN5O3/c1-16-11-13-31(34)15-20(16)19-9-8-18(14-21(19)26)28-25(33)23(17-6-4-3-5-7-17)29-24(32)22-10-12-27-30(22)2/h8-15,17,23H,3-7H2,1-2H3,(H,28,33)(H,29,32)/t23-/m0/s1. The molecule has 2 heterocycles. The number of amides is 2. The second-order valence-electron chi connectivity index (χ2n) is 8.77. The summed E-state index contributed by atoms with van der Waals surface area (Å²) in [5.41, 5.74) is 2.16. The lowest BCUT2D eigenvalue weighted by Crippen LogP contribution is -2.49. The van der Waals surface area contributed by atoms with E-state index < -0.39 is 11.9 Å². The van der Waals surface area contributed by atoms with Crippen LogP contribution in [0.3, 0.4) is 0 Å². The molecule has 0 bridgehead atoms. The van der Waals surface area contributed by atoms with Crippen LogP contribution in [-0.2, 0) is 11.8 Å². The van der Waals surface area contributed by atoms with Gasteiger partial charge in [-0.1, -0.05) is 19.3 Å². The maximum Gasteiger partial charge on any atom is 0.270 e. The summed E-state index contributed by atoms with van der Waals surface area (Å²) in [4.78, 5) is 26.1. The van der Waals surface area contributed by atoms with Gasteiger partial charge in [0.15, 0.2) is 12.4 Å². The van der Waals surface area contributed by atoms with Crippen LogP contribution < -0.4 is 15.4 Å². The molecule has 1 saturated carbocycles. The first-order chi connectivity index (χ1) is 16.3. The van der Waals surface area contributed by atoms with Crippen molar-refractivity contribution in [3.05, 3.63) is 71.2 Å². The van der Waals surface area contributed by atoms with Crippen molar-refractivity contribution in [2.75, 3.05) is 5.32 Å². The molecular weight excluding hydrogens is 437 g/mol. The normalized spacial score (nSPS) is 15.0. The zero-order chi connectivity index (χ0) is 24.2. The van der Waals surface area contributed by atoms with Crippen LogP contribution in [0.15, 0.2) is 48.9 Å². The maximum atomic E-state index is 15.0. The van der Waals surface area contributed by atoms with Crippen molar-refractivity contribution in [1.29, 1.82) is 0 Å². The fourth-order valence-electron chi connectivity index (χ4n) is 4.54. The average Bonchev–Trinajstić information content (AvgIpc) is 3.25. The van der Waals surface area contributed by atoms with E-state index in [-0.39, 0.29) is 29.0 Å². The molecule has 2 amide bonds. The Morgan fingerprint density at radius 3 is 2.62 bits per heavy atom. The second kappa shape index (κ2) is 10.0. The van der Waals surface area contributed by atoms with Crippen LogP contribution in [0.4, 0.5) is 10.1 Å². The number of anilines is 1. The van der Waals surface area contributed by atoms with Gasteiger partial charge in [0.05, 0.1) is 5.56 Å². The molecule has 2 aromatic heterocycles. The number of halogens is 1. The number of carbonyl (C=O) groups is 2. The Kier molecular flexibility index (Phi) is 6.90. The first-order valence-corrected chi connectivity index (χ1v) is 11.4. The van der Waals surface area contributed by atoms with Crippen LogP contribution in [0.25, 0.3) is 11.1 Å². The van der Waals surface area contributed by atoms with Gasteiger partial charge >= 0.3 is 0 Å². The number of pyridine rings is 1. The number of hydrogen-bond acceptors (Lipinski definition) is 4. The Hall–Kier alpha value is -3.75. The fraction of sp³-hybridized carbons (Fsp3) is 0.360. The molecule has 1 aliphatic rings. The van der Waals surface area contributed by atoms with Gasteiger partial charge in [0.2, 0.25) is 5.91 Å². The van der Waals surface area contributed by atoms with E-state index in [0.29, 0.717) is 16.0 Å². The molecule has 0 radical (unpaired) electrons. The van der Waals surface area contributed by atoms with Crippen molar-refractivity contribution in [2.24, 2.45) is 13.0 Å². The number of benzene rings is 1. The third kappa shape index (κ3) is 5.08. The number of aromatic nitrogens is 3. The lowest BCUT2D eigenvalue weighted by atomic mass is 9.83. The summed E-state index contributed by atoms with van der Waals surface area (Å²) >= 11 is 0. The van der Waals surface area contributed by atoms with Gasteiger partial charge in [0, 0.05) is 30.6 Å². The highest BCUT2D eigenvalue weighted by Crippen LogP contribution is 2.29. The van der Waals surface area contributed by atoms with Crippen LogP contribution in [-0.4, -0.2) is 27.6 Å². The van der Waals surface area contributed by atoms with Crippen molar-refractivity contribution in [3.8, 4) is 11.1 Å². The third-order valence-electron chi connectivity index (χ3n) is 6.42. The molecule has 9 heteroatoms. The summed E-state index contributed by atoms with van der Waals surface area (Å²) in [6.45, 7) is 1.80. The van der Waals surface area contributed by atoms with E-state index in [1.807, 2.05) is 0 Å². The van der Waals surface area contributed by atoms with Crippen molar-refractivity contribution in [1.82, 2.24) is 15.1 Å². The molecule has 1 fully saturated rings. The van der Waals surface area contributed by atoms with Crippen molar-refractivity contribution >= 4 is 17.5 Å². The number of rotatable bonds is 6. The molecule has 0 aliphatic heterocycles. The molecule has 3 aromatic rings. The van der Waals surface area contributed by atoms with E-state index in [9.17, 15) is 19.2 Å². The molecule has 34 heavy (non-hydrogen) atoms. The lowest BCUT2D eigenvalue weighted by Gasteiger charge is -2.30. The minimum absolute atomic E-state index is 0.00508. The van der Waals surface area contributed by atoms with E-state index in [2.05, 4.69) is 15.7 Å². The summed E-state index contributed by atoms with van der Waals surface area (Å²) in [5, 5.41) is 21.3. The first-order valence-electron chi connectivity index (χ1n) is 11.4. The molecule has 1 aliphatic carbocycles. The molecule has 0 saturated heterocycles. The zero-order valence-corrected chi connectivity index (χ0v) is 19.3. The Morgan fingerprint density at radius 2 is 1.94 bits per heavy atom. The topological polar surface area (TPSA) is 103 Å². The largest absolute Gasteiger partial charge is 0.619 e. The number of hydrogen-bond donors (Lipinski definition) is 2. The zero-order valence-electron chi connectivity index (χ0n) is 19.3. The molecule has 8 nitrogen and oxygen atoms in total. The SMILES string of the molecule is Cc1cc[n+]([O-])cc1-c1ccc(NC(=O)[C@@H](NC(=O)c2ccnn2C)C2CCCCC2)cc1F. The van der Waals surface area contributed by atoms with Gasteiger partial charge in [0.25, 0.3) is 5.91 Å². The van der Waals surface area contributed by atoms with Gasteiger partial charge in [0.1, 0.15) is 17.6 Å². The number of aryl methyl sites for hydroxylation is 2. The highest BCUT2D eigenvalue weighted by molar-refractivity contribution is 6.00. The van der Waals surface area contributed by atoms with E-state index in [4.69, 9.17) is 0 Å². The van der Waals surface area contributed by atoms with Gasteiger partial charge < -0.3 is 15.8 Å². The van der Waals surface area contributed by atoms with Crippen LogP contribution in [0, 0.1) is 23.9 Å². The van der Waals surface area contributed by atoms with Gasteiger partial charge in [-0.3, -0.25) is 14.3 Å². The van der Waals surface area contributed by atoms with Crippen LogP contribution in [0.2, 0.25) is 0 Å². The van der Waals surface area contributed by atoms with Crippen molar-refractivity contribution in [3.63, 3.8) is 0 Å². The van der Waals surface area contributed by atoms with E-state index in [1.165, 1.54) is 35.4 Å². The van der Waals surface area contributed by atoms with E-state index >= 15 is 0 Å². The maximum absolute atomic E-state index is 15.0. The summed E-state index contributed by atoms with van der Waals surface area (Å²) in [5.74, 6) is -1.32. The predicted molar refractivity (Wildman–Crippen MR) is 125 cm³/mol. The lowest BCUT2D eigenvalue weighted by molar-refractivity contribution is -0.604. The van der Waals surface area contributed by atoms with E-state index in [0.717, 1.165) is 37.7 Å². The monoisotopic (exact) mass is 465 g/mol. The van der Waals surface area contributed by atoms with E-state index in [1.54, 1.807) is 32.2 Å². The van der Waals surface area contributed by atoms with Gasteiger partial charge in [-0.2, -0.15) is 9.83 Å². The Bertz CT molecular complexity index is 1200. The Balaban J connectivity index is 1.54. The molecule has 0 unspecified atom stereocenters. The van der Waals surface area contributed by atoms with Gasteiger partial charge in [-0.15, -0.1) is 0 Å². The summed E-state index contributed by atoms with van der Waals surface area (Å²) in [7, 11) is 1.66. The van der Waals surface area contributed by atoms with Gasteiger partial charge in [-0.25, -0.2) is 4.39 Å². The fourth-order valence-corrected chi connectivity index (χ4v) is 4.54. The van der Waals surface area contributed by atoms with Gasteiger partial charge in [-0.05, 0) is 55.5 Å². The Labute approximate surface area is 197 Å². The molecule has 4 rings (SSSR count). The average molecular weight is 466 g/mol. The molecule has 0 spiro atoms. The molecule has 1 atom stereocenters. The smallest absolute Gasteiger partial charge is 0.270 e. The predicted octanol–water partition coefficient (Wildman–Crippen LogP) is 3.49. The number of nitrogens with one attached hydrogen (secondary N) is 2. The molecule has 1 aromatic carbocycles. The third-order valence-corrected chi connectivity index (χ3v) is 6.42. The Morgan fingerprint density at radius 1 is 1.18 bits per heavy atom. The minimum Gasteiger partial charge on any atom is -0.619 e. The molecule has 178 valence electrons. The minimum atomic E-state index is -0.749. The second-order valence-corrected chi connectivity index (χ2v) is 8.77. The van der Waals surface area contributed by atoms with Crippen molar-refractivity contribution in [2.45, 2.75) is 45.1 Å². The molecular formula is C25H28FN5O3. The quantitative estimate of drug-likeness (QED) is 0.430. The van der Waals surface area contributed by atoms with Crippen molar-refractivity contribution < 1.29 is 18.7 Å².